The average molecular weight is 274 g/mol. The normalized spacial score (nSPS) is 10.1. The fraction of sp³-hybridized carbons (Fsp3) is 0.200. The van der Waals surface area contributed by atoms with Crippen LogP contribution in [0.3, 0.4) is 0 Å². The van der Waals surface area contributed by atoms with Crippen molar-refractivity contribution in [2.75, 3.05) is 12.4 Å². The first kappa shape index (κ1) is 14.0. The Labute approximate surface area is 116 Å². The van der Waals surface area contributed by atoms with Crippen LogP contribution >= 0.6 is 0 Å². The molecule has 0 atom stereocenters. The molecule has 1 aromatic carbocycles. The molecule has 1 heterocycles. The van der Waals surface area contributed by atoms with Gasteiger partial charge < -0.3 is 10.1 Å². The summed E-state index contributed by atoms with van der Waals surface area (Å²) >= 11 is 0. The highest BCUT2D eigenvalue weighted by Crippen LogP contribution is 2.13. The molecule has 1 N–H and O–H groups in total. The summed E-state index contributed by atoms with van der Waals surface area (Å²) in [5.41, 5.74) is 1.55. The fourth-order valence-electron chi connectivity index (χ4n) is 1.72. The number of aromatic nitrogens is 1. The summed E-state index contributed by atoms with van der Waals surface area (Å²) in [6, 6.07) is 10.2. The first-order valence-corrected chi connectivity index (χ1v) is 6.22. The Balaban J connectivity index is 1.83. The van der Waals surface area contributed by atoms with Gasteiger partial charge in [-0.05, 0) is 36.2 Å². The average Bonchev–Trinajstić information content (AvgIpc) is 2.48. The third-order valence-electron chi connectivity index (χ3n) is 2.81. The van der Waals surface area contributed by atoms with Crippen LogP contribution < -0.4 is 10.1 Å². The van der Waals surface area contributed by atoms with E-state index in [0.29, 0.717) is 18.5 Å². The molecule has 4 nitrogen and oxygen atoms in total. The van der Waals surface area contributed by atoms with Crippen molar-refractivity contribution in [1.82, 2.24) is 4.98 Å². The van der Waals surface area contributed by atoms with Gasteiger partial charge in [0.25, 0.3) is 0 Å². The maximum Gasteiger partial charge on any atom is 0.224 e. The fourth-order valence-corrected chi connectivity index (χ4v) is 1.72. The molecule has 1 amide bonds. The zero-order valence-electron chi connectivity index (χ0n) is 11.1. The minimum absolute atomic E-state index is 0.130. The molecule has 0 saturated heterocycles. The molecule has 0 aliphatic rings. The van der Waals surface area contributed by atoms with Gasteiger partial charge in [-0.2, -0.15) is 4.39 Å². The lowest BCUT2D eigenvalue weighted by Gasteiger charge is -2.05. The van der Waals surface area contributed by atoms with E-state index < -0.39 is 5.95 Å². The Morgan fingerprint density at radius 3 is 2.60 bits per heavy atom. The van der Waals surface area contributed by atoms with E-state index in [2.05, 4.69) is 10.3 Å². The van der Waals surface area contributed by atoms with Gasteiger partial charge in [-0.1, -0.05) is 12.1 Å². The van der Waals surface area contributed by atoms with Crippen molar-refractivity contribution < 1.29 is 13.9 Å². The Morgan fingerprint density at radius 2 is 2.00 bits per heavy atom. The summed E-state index contributed by atoms with van der Waals surface area (Å²) in [6.07, 6.45) is 2.27. The van der Waals surface area contributed by atoms with E-state index in [-0.39, 0.29) is 5.91 Å². The second-order valence-electron chi connectivity index (χ2n) is 4.27. The number of amides is 1. The number of carbonyl (C=O) groups is 1. The Bertz CT molecular complexity index is 567. The number of hydrogen-bond acceptors (Lipinski definition) is 3. The number of rotatable bonds is 5. The molecule has 5 heteroatoms. The van der Waals surface area contributed by atoms with E-state index in [4.69, 9.17) is 4.74 Å². The third-order valence-corrected chi connectivity index (χ3v) is 2.81. The van der Waals surface area contributed by atoms with Gasteiger partial charge in [-0.15, -0.1) is 0 Å². The summed E-state index contributed by atoms with van der Waals surface area (Å²) in [7, 11) is 1.61. The highest BCUT2D eigenvalue weighted by Gasteiger charge is 2.04. The van der Waals surface area contributed by atoms with Crippen LogP contribution in [0.2, 0.25) is 0 Å². The van der Waals surface area contributed by atoms with Gasteiger partial charge in [0.2, 0.25) is 11.9 Å². The van der Waals surface area contributed by atoms with E-state index >= 15 is 0 Å². The van der Waals surface area contributed by atoms with Gasteiger partial charge in [0.15, 0.2) is 0 Å². The minimum atomic E-state index is -0.568. The van der Waals surface area contributed by atoms with Crippen molar-refractivity contribution in [2.24, 2.45) is 0 Å². The zero-order chi connectivity index (χ0) is 14.4. The predicted octanol–water partition coefficient (Wildman–Crippen LogP) is 2.80. The van der Waals surface area contributed by atoms with E-state index in [9.17, 15) is 9.18 Å². The van der Waals surface area contributed by atoms with Crippen molar-refractivity contribution >= 4 is 11.6 Å². The van der Waals surface area contributed by atoms with Gasteiger partial charge in [0, 0.05) is 6.42 Å². The summed E-state index contributed by atoms with van der Waals surface area (Å²) in [5, 5.41) is 2.67. The molecule has 0 unspecified atom stereocenters. The van der Waals surface area contributed by atoms with E-state index in [1.807, 2.05) is 24.3 Å². The van der Waals surface area contributed by atoms with E-state index in [0.717, 1.165) is 11.3 Å². The van der Waals surface area contributed by atoms with Gasteiger partial charge in [-0.25, -0.2) is 4.98 Å². The van der Waals surface area contributed by atoms with Crippen molar-refractivity contribution in [3.05, 3.63) is 54.1 Å². The molecule has 0 bridgehead atoms. The molecule has 0 aliphatic carbocycles. The lowest BCUT2D eigenvalue weighted by molar-refractivity contribution is -0.116. The van der Waals surface area contributed by atoms with Crippen LogP contribution in [-0.4, -0.2) is 18.0 Å². The monoisotopic (exact) mass is 274 g/mol. The SMILES string of the molecule is COc1ccc(CCC(=O)Nc2ccc(F)nc2)cc1. The van der Waals surface area contributed by atoms with Crippen LogP contribution in [-0.2, 0) is 11.2 Å². The number of benzene rings is 1. The predicted molar refractivity (Wildman–Crippen MR) is 74.1 cm³/mol. The molecule has 0 radical (unpaired) electrons. The number of methoxy groups -OCH3 is 1. The molecular weight excluding hydrogens is 259 g/mol. The molecule has 20 heavy (non-hydrogen) atoms. The van der Waals surface area contributed by atoms with Crippen LogP contribution in [0.15, 0.2) is 42.6 Å². The number of pyridine rings is 1. The summed E-state index contributed by atoms with van der Waals surface area (Å²) < 4.78 is 17.7. The summed E-state index contributed by atoms with van der Waals surface area (Å²) in [5.74, 6) is 0.0889. The van der Waals surface area contributed by atoms with Gasteiger partial charge >= 0.3 is 0 Å². The number of nitrogens with one attached hydrogen (secondary N) is 1. The Kier molecular flexibility index (Phi) is 4.65. The van der Waals surface area contributed by atoms with Crippen molar-refractivity contribution in [1.29, 1.82) is 0 Å². The first-order valence-electron chi connectivity index (χ1n) is 6.22. The van der Waals surface area contributed by atoms with Gasteiger partial charge in [0.05, 0.1) is 19.0 Å². The largest absolute Gasteiger partial charge is 0.497 e. The van der Waals surface area contributed by atoms with Crippen LogP contribution in [0.5, 0.6) is 5.75 Å². The van der Waals surface area contributed by atoms with E-state index in [1.165, 1.54) is 18.3 Å². The standard InChI is InChI=1S/C15H15FN2O2/c1-20-13-6-2-11(3-7-13)4-9-15(19)18-12-5-8-14(16)17-10-12/h2-3,5-8,10H,4,9H2,1H3,(H,18,19). The van der Waals surface area contributed by atoms with Crippen LogP contribution in [0.4, 0.5) is 10.1 Å². The molecule has 1 aromatic heterocycles. The molecule has 2 rings (SSSR count). The van der Waals surface area contributed by atoms with Crippen molar-refractivity contribution in [3.63, 3.8) is 0 Å². The number of halogens is 1. The highest BCUT2D eigenvalue weighted by atomic mass is 19.1. The Morgan fingerprint density at radius 1 is 1.25 bits per heavy atom. The number of hydrogen-bond donors (Lipinski definition) is 1. The van der Waals surface area contributed by atoms with Gasteiger partial charge in [-0.3, -0.25) is 4.79 Å². The van der Waals surface area contributed by atoms with Crippen LogP contribution in [0.25, 0.3) is 0 Å². The number of anilines is 1. The smallest absolute Gasteiger partial charge is 0.224 e. The van der Waals surface area contributed by atoms with Crippen molar-refractivity contribution in [3.8, 4) is 5.75 Å². The number of carbonyl (C=O) groups excluding carboxylic acids is 1. The maximum absolute atomic E-state index is 12.6. The lowest BCUT2D eigenvalue weighted by Crippen LogP contribution is -2.12. The molecule has 0 saturated carbocycles. The van der Waals surface area contributed by atoms with Gasteiger partial charge in [0.1, 0.15) is 5.75 Å². The quantitative estimate of drug-likeness (QED) is 0.853. The lowest BCUT2D eigenvalue weighted by atomic mass is 10.1. The summed E-state index contributed by atoms with van der Waals surface area (Å²) in [4.78, 5) is 15.2. The topological polar surface area (TPSA) is 51.2 Å². The molecule has 104 valence electrons. The molecule has 2 aromatic rings. The van der Waals surface area contributed by atoms with Crippen LogP contribution in [0.1, 0.15) is 12.0 Å². The molecule has 0 aliphatic heterocycles. The van der Waals surface area contributed by atoms with Crippen LogP contribution in [0, 0.1) is 5.95 Å². The first-order chi connectivity index (χ1) is 9.67. The number of aryl methyl sites for hydroxylation is 1. The zero-order valence-corrected chi connectivity index (χ0v) is 11.1. The van der Waals surface area contributed by atoms with E-state index in [1.54, 1.807) is 7.11 Å². The highest BCUT2D eigenvalue weighted by molar-refractivity contribution is 5.90. The second kappa shape index (κ2) is 6.65. The third kappa shape index (κ3) is 4.05. The number of ether oxygens (including phenoxy) is 1. The van der Waals surface area contributed by atoms with Crippen molar-refractivity contribution in [2.45, 2.75) is 12.8 Å². The maximum atomic E-state index is 12.6. The molecular formula is C15H15FN2O2. The Hall–Kier alpha value is -2.43. The summed E-state index contributed by atoms with van der Waals surface area (Å²) in [6.45, 7) is 0. The molecule has 0 spiro atoms. The minimum Gasteiger partial charge on any atom is -0.497 e. The molecule has 0 fully saturated rings. The second-order valence-corrected chi connectivity index (χ2v) is 4.27. The number of nitrogens with zero attached hydrogens (tertiary/aromatic N) is 1.